The number of ether oxygens (including phenoxy) is 12. The lowest BCUT2D eigenvalue weighted by molar-refractivity contribution is -0.352. The molecule has 6 saturated heterocycles. The van der Waals surface area contributed by atoms with Crippen LogP contribution < -0.4 is 14.2 Å². The number of halogens is 6. The van der Waals surface area contributed by atoms with Crippen LogP contribution in [0.3, 0.4) is 0 Å². The Balaban J connectivity index is 0.889. The lowest BCUT2D eigenvalue weighted by Gasteiger charge is -2.45. The maximum atomic E-state index is 15.2. The minimum atomic E-state index is -5.50. The summed E-state index contributed by atoms with van der Waals surface area (Å²) < 4.78 is 161. The van der Waals surface area contributed by atoms with Crippen molar-refractivity contribution in [1.82, 2.24) is 19.9 Å². The minimum absolute atomic E-state index is 0.00587. The summed E-state index contributed by atoms with van der Waals surface area (Å²) in [4.78, 5) is 16.3. The third kappa shape index (κ3) is 18.3. The number of aromatic nitrogens is 4. The first-order chi connectivity index (χ1) is 60.4. The van der Waals surface area contributed by atoms with E-state index in [0.29, 0.717) is 12.1 Å². The molecule has 0 saturated carbocycles. The van der Waals surface area contributed by atoms with E-state index in [1.54, 1.807) is 6.07 Å². The highest BCUT2D eigenvalue weighted by Crippen LogP contribution is 2.49. The Morgan fingerprint density at radius 1 is 0.291 bits per heavy atom. The number of alkyl halides is 6. The van der Waals surface area contributed by atoms with Gasteiger partial charge in [0.15, 0.2) is 18.9 Å². The SMILES string of the molecule is OCC1OC(OC2C(CO)OC(Oc3cccc(-c4c5nc(c(-c6cccc(OC7OC(CO)C(OC8OC(CO)C(O)C(O)C8O)C(O)C7O)c6)c6ccc([nH]6)c(-c6cc(C(F)(F)F)cc(C(F)(F)F)c6)c6nc(c(-c7cccc(OC8OC(CO)C(OC9OC(CO)C(O)C(O)C9O)C(O)C8O)c7)c7ccc4[nH]7)C(O)C6O)C=C5)c3)C(O)C2O)C(O)C(O)C1O. The molecular formula is C82H90F6N4O35. The third-order valence-electron chi connectivity index (χ3n) is 23.1. The van der Waals surface area contributed by atoms with Crippen LogP contribution in [0.2, 0.25) is 0 Å². The van der Waals surface area contributed by atoms with Gasteiger partial charge in [-0.3, -0.25) is 4.98 Å². The largest absolute Gasteiger partial charge is 0.462 e. The number of aliphatic hydroxyl groups is 23. The average Bonchev–Trinajstić information content (AvgIpc) is 1.61. The van der Waals surface area contributed by atoms with Crippen LogP contribution >= 0.6 is 0 Å². The maximum absolute atomic E-state index is 15.2. The van der Waals surface area contributed by atoms with Crippen LogP contribution in [-0.2, 0) is 55.0 Å². The number of aliphatic hydroxyl groups excluding tert-OH is 23. The molecule has 15 rings (SSSR count). The van der Waals surface area contributed by atoms with Crippen molar-refractivity contribution in [3.8, 4) is 61.8 Å². The Morgan fingerprint density at radius 2 is 0.567 bits per heavy atom. The number of hydrogen-bond acceptors (Lipinski definition) is 37. The second kappa shape index (κ2) is 37.7. The molecule has 3 aromatic heterocycles. The Kier molecular flexibility index (Phi) is 27.7. The Bertz CT molecular complexity index is 5210. The van der Waals surface area contributed by atoms with E-state index in [1.807, 2.05) is 0 Å². The topological polar surface area (TPSA) is 633 Å². The van der Waals surface area contributed by atoms with Gasteiger partial charge in [0.2, 0.25) is 18.9 Å². The van der Waals surface area contributed by atoms with Crippen molar-refractivity contribution in [3.63, 3.8) is 0 Å². The summed E-state index contributed by atoms with van der Waals surface area (Å²) in [6.45, 7) is -5.60. The number of aromatic amines is 2. The standard InChI is InChI=1S/C82H90F6N4O35/c83-81(84,85)32-16-31(17-33(21-32)82(86,87)88)52-42-15-13-40(91-42)50(29-5-2-8-35(19-29)117-76-70(114)64(108)73(47(26-97)123-76)126-79-67(111)61(105)56(100)44(23-94)120-79)38-11-10-37(89-38)49(28-4-1-7-34(18-28)116-75-69(113)63(107)72(46(25-96)122-75)125-78-66(110)60(104)55(99)43(22-93)119-78)39-12-14-41(90-39)51(53-58(102)59(103)54(52)92-53)30-6-3-9-36(20-30)118-77-71(115)65(109)74(48(27-98)124-77)127-80-68(112)62(106)57(101)45(24-95)121-80/h1-21,43-48,55-80,90-91,93-115H,22-27H2. The van der Waals surface area contributed by atoms with Crippen LogP contribution in [0.15, 0.2) is 115 Å². The molecule has 32 atom stereocenters. The second-order valence-corrected chi connectivity index (χ2v) is 31.3. The summed E-state index contributed by atoms with van der Waals surface area (Å²) in [6.07, 6.45) is -68.9. The number of hydrogen-bond donors (Lipinski definition) is 25. The van der Waals surface area contributed by atoms with Gasteiger partial charge in [0.1, 0.15) is 176 Å². The van der Waals surface area contributed by atoms with Crippen LogP contribution in [-0.4, -0.2) is 361 Å². The van der Waals surface area contributed by atoms with E-state index < -0.39 is 282 Å². The van der Waals surface area contributed by atoms with Gasteiger partial charge in [0.25, 0.3) is 0 Å². The van der Waals surface area contributed by atoms with Crippen LogP contribution in [0, 0.1) is 0 Å². The number of rotatable bonds is 22. The Morgan fingerprint density at radius 3 is 0.866 bits per heavy atom. The molecule has 45 heteroatoms. The van der Waals surface area contributed by atoms with E-state index in [2.05, 4.69) is 9.97 Å². The van der Waals surface area contributed by atoms with E-state index >= 15 is 26.3 Å². The summed E-state index contributed by atoms with van der Waals surface area (Å²) in [5.41, 5.74) is -6.98. The third-order valence-corrected chi connectivity index (χ3v) is 23.1. The van der Waals surface area contributed by atoms with Crippen molar-refractivity contribution in [2.45, 2.75) is 209 Å². The number of H-pyrrole nitrogens is 2. The predicted molar refractivity (Wildman–Crippen MR) is 413 cm³/mol. The van der Waals surface area contributed by atoms with E-state index in [0.717, 1.165) is 0 Å². The smallest absolute Gasteiger partial charge is 0.416 e. The van der Waals surface area contributed by atoms with Crippen LogP contribution in [0.1, 0.15) is 46.1 Å². The van der Waals surface area contributed by atoms with Gasteiger partial charge >= 0.3 is 12.4 Å². The maximum Gasteiger partial charge on any atom is 0.416 e. The fourth-order valence-corrected chi connectivity index (χ4v) is 16.4. The van der Waals surface area contributed by atoms with Crippen molar-refractivity contribution in [1.29, 1.82) is 0 Å². The van der Waals surface area contributed by atoms with Crippen LogP contribution in [0.25, 0.3) is 78.7 Å². The zero-order valence-electron chi connectivity index (χ0n) is 65.7. The quantitative estimate of drug-likeness (QED) is 0.0300. The molecule has 8 aliphatic rings. The summed E-state index contributed by atoms with van der Waals surface area (Å²) in [5.74, 6) is -0.623. The van der Waals surface area contributed by atoms with E-state index in [-0.39, 0.29) is 90.2 Å². The van der Waals surface area contributed by atoms with Gasteiger partial charge in [0.05, 0.1) is 73.5 Å². The van der Waals surface area contributed by atoms with Gasteiger partial charge in [-0.15, -0.1) is 0 Å². The van der Waals surface area contributed by atoms with E-state index in [4.69, 9.17) is 66.8 Å². The summed E-state index contributed by atoms with van der Waals surface area (Å²) >= 11 is 0. The molecule has 0 spiro atoms. The fourth-order valence-electron chi connectivity index (χ4n) is 16.4. The molecule has 127 heavy (non-hydrogen) atoms. The molecule has 8 aliphatic heterocycles. The van der Waals surface area contributed by atoms with Gasteiger partial charge in [-0.05, 0) is 113 Å². The Labute approximate surface area is 711 Å². The first-order valence-electron chi connectivity index (χ1n) is 39.7. The van der Waals surface area contributed by atoms with Crippen molar-refractivity contribution < 1.29 is 201 Å². The van der Waals surface area contributed by atoms with Gasteiger partial charge < -0.3 is 184 Å². The Hall–Kier alpha value is -8.56. The lowest BCUT2D eigenvalue weighted by Crippen LogP contribution is -2.65. The molecule has 0 radical (unpaired) electrons. The van der Waals surface area contributed by atoms with Gasteiger partial charge in [-0.1, -0.05) is 36.4 Å². The molecule has 7 aromatic rings. The summed E-state index contributed by atoms with van der Waals surface area (Å²) in [5, 5.41) is 252. The van der Waals surface area contributed by atoms with Gasteiger partial charge in [-0.2, -0.15) is 26.3 Å². The molecule has 8 bridgehead atoms. The molecule has 25 N–H and O–H groups in total. The summed E-state index contributed by atoms with van der Waals surface area (Å²) in [7, 11) is 0. The number of benzene rings is 4. The predicted octanol–water partition coefficient (Wildman–Crippen LogP) is -3.03. The molecule has 4 aromatic carbocycles. The van der Waals surface area contributed by atoms with Gasteiger partial charge in [-0.25, -0.2) is 4.98 Å². The highest BCUT2D eigenvalue weighted by atomic mass is 19.4. The van der Waals surface area contributed by atoms with Crippen molar-refractivity contribution in [2.24, 2.45) is 0 Å². The number of nitrogens with zero attached hydrogens (tertiary/aromatic N) is 2. The van der Waals surface area contributed by atoms with E-state index in [1.165, 1.54) is 103 Å². The molecular weight excluding hydrogens is 1710 g/mol. The average molecular weight is 1810 g/mol. The van der Waals surface area contributed by atoms with Crippen molar-refractivity contribution in [2.75, 3.05) is 39.6 Å². The fraction of sp³-hybridized carbons (Fsp3) is 0.488. The van der Waals surface area contributed by atoms with E-state index in [9.17, 15) is 117 Å². The zero-order chi connectivity index (χ0) is 91.0. The highest BCUT2D eigenvalue weighted by Gasteiger charge is 2.56. The molecule has 32 unspecified atom stereocenters. The zero-order valence-corrected chi connectivity index (χ0v) is 65.7. The first-order valence-corrected chi connectivity index (χ1v) is 39.7. The second-order valence-electron chi connectivity index (χ2n) is 31.3. The summed E-state index contributed by atoms with van der Waals surface area (Å²) in [6, 6.07) is 22.5. The molecule has 690 valence electrons. The van der Waals surface area contributed by atoms with Crippen LogP contribution in [0.4, 0.5) is 26.3 Å². The molecule has 39 nitrogen and oxygen atoms in total. The number of nitrogens with one attached hydrogen (secondary N) is 2. The van der Waals surface area contributed by atoms with Crippen LogP contribution in [0.5, 0.6) is 17.2 Å². The highest BCUT2D eigenvalue weighted by molar-refractivity contribution is 5.98. The molecule has 11 heterocycles. The lowest BCUT2D eigenvalue weighted by atomic mass is 9.95. The number of fused-ring (bicyclic) bond motifs is 8. The molecule has 6 fully saturated rings. The monoisotopic (exact) mass is 1800 g/mol. The van der Waals surface area contributed by atoms with Crippen molar-refractivity contribution >= 4 is 34.2 Å². The molecule has 0 amide bonds. The minimum Gasteiger partial charge on any atom is -0.462 e. The van der Waals surface area contributed by atoms with Crippen molar-refractivity contribution in [3.05, 3.63) is 149 Å². The van der Waals surface area contributed by atoms with Gasteiger partial charge in [0, 0.05) is 44.3 Å². The normalized spacial score (nSPS) is 35.5. The first kappa shape index (κ1) is 93.1. The molecule has 0 aliphatic carbocycles.